The summed E-state index contributed by atoms with van der Waals surface area (Å²) in [5.41, 5.74) is 0.582. The van der Waals surface area contributed by atoms with Gasteiger partial charge in [-0.3, -0.25) is 4.79 Å². The Morgan fingerprint density at radius 2 is 2.42 bits per heavy atom. The van der Waals surface area contributed by atoms with E-state index in [1.807, 2.05) is 4.90 Å². The lowest BCUT2D eigenvalue weighted by atomic mass is 10.1. The minimum Gasteiger partial charge on any atom is -0.361 e. The molecule has 5 nitrogen and oxygen atoms in total. The maximum atomic E-state index is 12.5. The summed E-state index contributed by atoms with van der Waals surface area (Å²) in [7, 11) is 0. The summed E-state index contributed by atoms with van der Waals surface area (Å²) in [5.74, 6) is 1.07. The maximum Gasteiger partial charge on any atom is 0.259 e. The predicted octanol–water partition coefficient (Wildman–Crippen LogP) is 1.83. The van der Waals surface area contributed by atoms with Gasteiger partial charge in [0, 0.05) is 19.1 Å². The van der Waals surface area contributed by atoms with Gasteiger partial charge in [0.15, 0.2) is 0 Å². The summed E-state index contributed by atoms with van der Waals surface area (Å²) in [5, 5.41) is 7.14. The highest BCUT2D eigenvalue weighted by Gasteiger charge is 2.25. The Balaban J connectivity index is 2.07. The van der Waals surface area contributed by atoms with E-state index in [0.29, 0.717) is 23.3 Å². The van der Waals surface area contributed by atoms with Gasteiger partial charge in [0.1, 0.15) is 11.3 Å². The Morgan fingerprint density at radius 3 is 2.95 bits per heavy atom. The van der Waals surface area contributed by atoms with Gasteiger partial charge >= 0.3 is 0 Å². The van der Waals surface area contributed by atoms with Gasteiger partial charge in [0.05, 0.1) is 6.20 Å². The average molecular weight is 265 g/mol. The van der Waals surface area contributed by atoms with E-state index in [2.05, 4.69) is 24.3 Å². The fourth-order valence-electron chi connectivity index (χ4n) is 2.53. The van der Waals surface area contributed by atoms with Crippen molar-refractivity contribution in [2.75, 3.05) is 19.6 Å². The Labute approximate surface area is 114 Å². The standard InChI is InChI=1S/C14H23N3O2/c1-10(2)8-17(9-12-5-4-6-15-12)14(18)13-7-16-19-11(13)3/h7,10,12,15H,4-6,8-9H2,1-3H3. The van der Waals surface area contributed by atoms with Gasteiger partial charge in [-0.1, -0.05) is 19.0 Å². The Hall–Kier alpha value is -1.36. The van der Waals surface area contributed by atoms with E-state index in [9.17, 15) is 4.79 Å². The highest BCUT2D eigenvalue weighted by atomic mass is 16.5. The molecule has 1 N–H and O–H groups in total. The zero-order valence-corrected chi connectivity index (χ0v) is 12.0. The van der Waals surface area contributed by atoms with E-state index in [4.69, 9.17) is 4.52 Å². The zero-order chi connectivity index (χ0) is 13.8. The van der Waals surface area contributed by atoms with Gasteiger partial charge in [-0.05, 0) is 32.2 Å². The van der Waals surface area contributed by atoms with Crippen molar-refractivity contribution < 1.29 is 9.32 Å². The molecule has 2 rings (SSSR count). The van der Waals surface area contributed by atoms with Gasteiger partial charge in [0.2, 0.25) is 0 Å². The number of carbonyl (C=O) groups is 1. The number of rotatable bonds is 5. The molecule has 1 unspecified atom stereocenters. The number of nitrogens with one attached hydrogen (secondary N) is 1. The van der Waals surface area contributed by atoms with E-state index < -0.39 is 0 Å². The summed E-state index contributed by atoms with van der Waals surface area (Å²) in [6, 6.07) is 0.419. The molecule has 0 aromatic carbocycles. The molecule has 2 heterocycles. The van der Waals surface area contributed by atoms with E-state index in [-0.39, 0.29) is 5.91 Å². The summed E-state index contributed by atoms with van der Waals surface area (Å²) in [6.45, 7) is 8.62. The van der Waals surface area contributed by atoms with Gasteiger partial charge < -0.3 is 14.7 Å². The number of aryl methyl sites for hydroxylation is 1. The molecule has 1 aliphatic heterocycles. The van der Waals surface area contributed by atoms with Crippen molar-refractivity contribution in [3.05, 3.63) is 17.5 Å². The van der Waals surface area contributed by atoms with Crippen LogP contribution in [-0.4, -0.2) is 41.6 Å². The second kappa shape index (κ2) is 6.19. The van der Waals surface area contributed by atoms with Crippen LogP contribution in [0.15, 0.2) is 10.7 Å². The van der Waals surface area contributed by atoms with Gasteiger partial charge in [-0.25, -0.2) is 0 Å². The van der Waals surface area contributed by atoms with Crippen LogP contribution in [0.3, 0.4) is 0 Å². The Bertz CT molecular complexity index is 422. The number of carbonyl (C=O) groups excluding carboxylic acids is 1. The van der Waals surface area contributed by atoms with Crippen molar-refractivity contribution in [1.82, 2.24) is 15.4 Å². The third kappa shape index (κ3) is 3.56. The van der Waals surface area contributed by atoms with Crippen LogP contribution in [0.5, 0.6) is 0 Å². The van der Waals surface area contributed by atoms with E-state index >= 15 is 0 Å². The molecule has 19 heavy (non-hydrogen) atoms. The number of hydrogen-bond donors (Lipinski definition) is 1. The molecular weight excluding hydrogens is 242 g/mol. The minimum absolute atomic E-state index is 0.0288. The fourth-order valence-corrected chi connectivity index (χ4v) is 2.53. The fraction of sp³-hybridized carbons (Fsp3) is 0.714. The molecule has 0 spiro atoms. The highest BCUT2D eigenvalue weighted by molar-refractivity contribution is 5.94. The molecule has 0 aliphatic carbocycles. The van der Waals surface area contributed by atoms with Crippen LogP contribution in [0, 0.1) is 12.8 Å². The first-order chi connectivity index (χ1) is 9.08. The van der Waals surface area contributed by atoms with Crippen molar-refractivity contribution in [3.63, 3.8) is 0 Å². The summed E-state index contributed by atoms with van der Waals surface area (Å²) >= 11 is 0. The molecule has 1 aromatic rings. The van der Waals surface area contributed by atoms with Crippen molar-refractivity contribution in [2.24, 2.45) is 5.92 Å². The number of hydrogen-bond acceptors (Lipinski definition) is 4. The van der Waals surface area contributed by atoms with E-state index in [1.165, 1.54) is 12.6 Å². The Morgan fingerprint density at radius 1 is 1.63 bits per heavy atom. The first-order valence-corrected chi connectivity index (χ1v) is 7.02. The average Bonchev–Trinajstić information content (AvgIpc) is 2.98. The first kappa shape index (κ1) is 14.1. The first-order valence-electron chi connectivity index (χ1n) is 7.02. The van der Waals surface area contributed by atoms with E-state index in [0.717, 1.165) is 26.1 Å². The van der Waals surface area contributed by atoms with Crippen LogP contribution in [0.25, 0.3) is 0 Å². The van der Waals surface area contributed by atoms with Crippen molar-refractivity contribution in [1.29, 1.82) is 0 Å². The van der Waals surface area contributed by atoms with Crippen molar-refractivity contribution >= 4 is 5.91 Å². The van der Waals surface area contributed by atoms with Crippen LogP contribution in [-0.2, 0) is 0 Å². The van der Waals surface area contributed by atoms with Gasteiger partial charge in [0.25, 0.3) is 5.91 Å². The summed E-state index contributed by atoms with van der Waals surface area (Å²) in [6.07, 6.45) is 3.86. The zero-order valence-electron chi connectivity index (χ0n) is 12.0. The molecule has 0 bridgehead atoms. The molecule has 0 radical (unpaired) electrons. The van der Waals surface area contributed by atoms with Gasteiger partial charge in [-0.15, -0.1) is 0 Å². The van der Waals surface area contributed by atoms with Crippen LogP contribution in [0.1, 0.15) is 42.8 Å². The SMILES string of the molecule is Cc1oncc1C(=O)N(CC(C)C)CC1CCCN1. The normalized spacial score (nSPS) is 19.1. The second-order valence-electron chi connectivity index (χ2n) is 5.69. The van der Waals surface area contributed by atoms with Crippen LogP contribution >= 0.6 is 0 Å². The molecule has 5 heteroatoms. The molecule has 1 atom stereocenters. The van der Waals surface area contributed by atoms with Crippen LogP contribution in [0.4, 0.5) is 0 Å². The lowest BCUT2D eigenvalue weighted by molar-refractivity contribution is 0.0719. The molecule has 106 valence electrons. The topological polar surface area (TPSA) is 58.4 Å². The lowest BCUT2D eigenvalue weighted by Gasteiger charge is -2.27. The summed E-state index contributed by atoms with van der Waals surface area (Å²) in [4.78, 5) is 14.5. The largest absolute Gasteiger partial charge is 0.361 e. The predicted molar refractivity (Wildman–Crippen MR) is 73.0 cm³/mol. The molecule has 1 aliphatic rings. The monoisotopic (exact) mass is 265 g/mol. The number of aromatic nitrogens is 1. The molecule has 0 saturated carbocycles. The smallest absolute Gasteiger partial charge is 0.259 e. The Kier molecular flexibility index (Phi) is 4.58. The minimum atomic E-state index is 0.0288. The quantitative estimate of drug-likeness (QED) is 0.882. The molecule has 1 amide bonds. The van der Waals surface area contributed by atoms with Crippen LogP contribution < -0.4 is 5.32 Å². The molecule has 1 aromatic heterocycles. The highest BCUT2D eigenvalue weighted by Crippen LogP contribution is 2.14. The lowest BCUT2D eigenvalue weighted by Crippen LogP contribution is -2.42. The van der Waals surface area contributed by atoms with Crippen molar-refractivity contribution in [2.45, 2.75) is 39.7 Å². The van der Waals surface area contributed by atoms with Crippen LogP contribution in [0.2, 0.25) is 0 Å². The van der Waals surface area contributed by atoms with E-state index in [1.54, 1.807) is 6.92 Å². The molecule has 1 saturated heterocycles. The molecular formula is C14H23N3O2. The third-order valence-electron chi connectivity index (χ3n) is 3.46. The molecule has 1 fully saturated rings. The summed E-state index contributed by atoms with van der Waals surface area (Å²) < 4.78 is 5.00. The number of amides is 1. The third-order valence-corrected chi connectivity index (χ3v) is 3.46. The second-order valence-corrected chi connectivity index (χ2v) is 5.69. The van der Waals surface area contributed by atoms with Gasteiger partial charge in [-0.2, -0.15) is 0 Å². The van der Waals surface area contributed by atoms with Crippen molar-refractivity contribution in [3.8, 4) is 0 Å². The maximum absolute atomic E-state index is 12.5. The number of nitrogens with zero attached hydrogens (tertiary/aromatic N) is 2.